The van der Waals surface area contributed by atoms with Crippen LogP contribution in [0.1, 0.15) is 36.7 Å². The molecule has 1 aromatic rings. The fourth-order valence-electron chi connectivity index (χ4n) is 2.62. The lowest BCUT2D eigenvalue weighted by Crippen LogP contribution is -2.41. The number of hydrogen-bond acceptors (Lipinski definition) is 3. The first-order valence-corrected chi connectivity index (χ1v) is 7.62. The average molecular weight is 343 g/mol. The monoisotopic (exact) mass is 342 g/mol. The molecule has 1 fully saturated rings. The molecule has 0 bridgehead atoms. The zero-order chi connectivity index (χ0) is 14.7. The molecule has 1 amide bonds. The first kappa shape index (κ1) is 15.1. The van der Waals surface area contributed by atoms with Gasteiger partial charge in [-0.1, -0.05) is 6.92 Å². The molecule has 6 heteroatoms. The van der Waals surface area contributed by atoms with Crippen LogP contribution in [0.15, 0.2) is 16.7 Å². The van der Waals surface area contributed by atoms with E-state index in [0.717, 1.165) is 23.9 Å². The highest BCUT2D eigenvalue weighted by molar-refractivity contribution is 9.10. The maximum Gasteiger partial charge on any atom is 0.328 e. The number of halogens is 1. The highest BCUT2D eigenvalue weighted by atomic mass is 79.9. The van der Waals surface area contributed by atoms with Crippen molar-refractivity contribution < 1.29 is 14.3 Å². The standard InChI is InChI=1S/C14H19BrN2O3/c1-3-6-16-9-10(15)8-12(16)13(18)17-7-4-5-11(17)14(19)20-2/h8-9,11H,3-7H2,1-2H3. The second-order valence-electron chi connectivity index (χ2n) is 4.92. The number of ether oxygens (including phenoxy) is 1. The lowest BCUT2D eigenvalue weighted by Gasteiger charge is -2.23. The number of hydrogen-bond donors (Lipinski definition) is 0. The Morgan fingerprint density at radius 3 is 2.90 bits per heavy atom. The Labute approximate surface area is 127 Å². The van der Waals surface area contributed by atoms with Crippen LogP contribution < -0.4 is 0 Å². The molecular formula is C14H19BrN2O3. The maximum absolute atomic E-state index is 12.7. The van der Waals surface area contributed by atoms with E-state index >= 15 is 0 Å². The lowest BCUT2D eigenvalue weighted by molar-refractivity contribution is -0.145. The van der Waals surface area contributed by atoms with Crippen LogP contribution in [0.2, 0.25) is 0 Å². The van der Waals surface area contributed by atoms with Gasteiger partial charge in [0.05, 0.1) is 7.11 Å². The summed E-state index contributed by atoms with van der Waals surface area (Å²) in [5, 5.41) is 0. The van der Waals surface area contributed by atoms with E-state index in [0.29, 0.717) is 18.7 Å². The Hall–Kier alpha value is -1.30. The SMILES string of the molecule is CCCn1cc(Br)cc1C(=O)N1CCCC1C(=O)OC. The van der Waals surface area contributed by atoms with Crippen LogP contribution in [0.3, 0.4) is 0 Å². The summed E-state index contributed by atoms with van der Waals surface area (Å²) in [4.78, 5) is 26.0. The molecule has 5 nitrogen and oxygen atoms in total. The summed E-state index contributed by atoms with van der Waals surface area (Å²) in [6.07, 6.45) is 4.36. The number of carbonyl (C=O) groups is 2. The molecule has 1 saturated heterocycles. The quantitative estimate of drug-likeness (QED) is 0.789. The van der Waals surface area contributed by atoms with Crippen molar-refractivity contribution in [1.29, 1.82) is 0 Å². The molecule has 0 radical (unpaired) electrons. The van der Waals surface area contributed by atoms with E-state index in [4.69, 9.17) is 4.74 Å². The molecule has 2 heterocycles. The Balaban J connectivity index is 2.24. The average Bonchev–Trinajstić information content (AvgIpc) is 3.04. The van der Waals surface area contributed by atoms with Gasteiger partial charge in [-0.25, -0.2) is 4.79 Å². The Morgan fingerprint density at radius 2 is 2.25 bits per heavy atom. The number of amides is 1. The minimum Gasteiger partial charge on any atom is -0.467 e. The largest absolute Gasteiger partial charge is 0.467 e. The normalized spacial score (nSPS) is 18.4. The fraction of sp³-hybridized carbons (Fsp3) is 0.571. The van der Waals surface area contributed by atoms with Crippen molar-refractivity contribution in [2.45, 2.75) is 38.8 Å². The van der Waals surface area contributed by atoms with E-state index in [1.54, 1.807) is 4.90 Å². The molecule has 0 spiro atoms. The van der Waals surface area contributed by atoms with Gasteiger partial charge in [0.15, 0.2) is 0 Å². The second kappa shape index (κ2) is 6.43. The van der Waals surface area contributed by atoms with Gasteiger partial charge in [0, 0.05) is 23.8 Å². The third-order valence-corrected chi connectivity index (χ3v) is 3.97. The number of nitrogens with zero attached hydrogens (tertiary/aromatic N) is 2. The number of aryl methyl sites for hydroxylation is 1. The fourth-order valence-corrected chi connectivity index (χ4v) is 3.08. The molecule has 110 valence electrons. The molecule has 0 aliphatic carbocycles. The number of aromatic nitrogens is 1. The number of carbonyl (C=O) groups excluding carboxylic acids is 2. The zero-order valence-corrected chi connectivity index (χ0v) is 13.4. The molecule has 2 rings (SSSR count). The Morgan fingerprint density at radius 1 is 1.50 bits per heavy atom. The number of rotatable bonds is 4. The molecule has 0 N–H and O–H groups in total. The maximum atomic E-state index is 12.7. The number of methoxy groups -OCH3 is 1. The van der Waals surface area contributed by atoms with Crippen LogP contribution in [-0.4, -0.2) is 41.0 Å². The molecule has 0 aromatic carbocycles. The summed E-state index contributed by atoms with van der Waals surface area (Å²) in [5.74, 6) is -0.430. The summed E-state index contributed by atoms with van der Waals surface area (Å²) in [5.41, 5.74) is 0.620. The summed E-state index contributed by atoms with van der Waals surface area (Å²) < 4.78 is 7.59. The van der Waals surface area contributed by atoms with Crippen molar-refractivity contribution in [1.82, 2.24) is 9.47 Å². The highest BCUT2D eigenvalue weighted by Crippen LogP contribution is 2.23. The van der Waals surface area contributed by atoms with Gasteiger partial charge in [-0.3, -0.25) is 4.79 Å². The van der Waals surface area contributed by atoms with Gasteiger partial charge in [-0.2, -0.15) is 0 Å². The van der Waals surface area contributed by atoms with Gasteiger partial charge in [-0.15, -0.1) is 0 Å². The van der Waals surface area contributed by atoms with Crippen LogP contribution in [0.25, 0.3) is 0 Å². The minimum absolute atomic E-state index is 0.1000. The first-order valence-electron chi connectivity index (χ1n) is 6.83. The van der Waals surface area contributed by atoms with Gasteiger partial charge in [-0.05, 0) is 41.3 Å². The number of esters is 1. The Kier molecular flexibility index (Phi) is 4.86. The molecular weight excluding hydrogens is 324 g/mol. The highest BCUT2D eigenvalue weighted by Gasteiger charge is 2.36. The zero-order valence-electron chi connectivity index (χ0n) is 11.8. The predicted molar refractivity (Wildman–Crippen MR) is 78.5 cm³/mol. The van der Waals surface area contributed by atoms with Gasteiger partial charge >= 0.3 is 5.97 Å². The van der Waals surface area contributed by atoms with Crippen LogP contribution in [0.5, 0.6) is 0 Å². The van der Waals surface area contributed by atoms with E-state index in [1.807, 2.05) is 16.8 Å². The van der Waals surface area contributed by atoms with Crippen molar-refractivity contribution in [3.63, 3.8) is 0 Å². The molecule has 1 atom stereocenters. The van der Waals surface area contributed by atoms with E-state index in [1.165, 1.54) is 7.11 Å². The van der Waals surface area contributed by atoms with E-state index in [9.17, 15) is 9.59 Å². The summed E-state index contributed by atoms with van der Waals surface area (Å²) >= 11 is 3.40. The van der Waals surface area contributed by atoms with Crippen LogP contribution in [0, 0.1) is 0 Å². The first-order chi connectivity index (χ1) is 9.58. The topological polar surface area (TPSA) is 51.5 Å². The molecule has 1 aliphatic rings. The van der Waals surface area contributed by atoms with E-state index < -0.39 is 6.04 Å². The smallest absolute Gasteiger partial charge is 0.328 e. The van der Waals surface area contributed by atoms with Crippen molar-refractivity contribution in [3.05, 3.63) is 22.4 Å². The lowest BCUT2D eigenvalue weighted by atomic mass is 10.2. The van der Waals surface area contributed by atoms with E-state index in [-0.39, 0.29) is 11.9 Å². The molecule has 1 unspecified atom stereocenters. The van der Waals surface area contributed by atoms with Gasteiger partial charge in [0.25, 0.3) is 5.91 Å². The van der Waals surface area contributed by atoms with E-state index in [2.05, 4.69) is 22.9 Å². The van der Waals surface area contributed by atoms with Crippen molar-refractivity contribution in [2.75, 3.05) is 13.7 Å². The summed E-state index contributed by atoms with van der Waals surface area (Å²) in [6, 6.07) is 1.36. The third-order valence-electron chi connectivity index (χ3n) is 3.53. The van der Waals surface area contributed by atoms with Gasteiger partial charge in [0.1, 0.15) is 11.7 Å². The van der Waals surface area contributed by atoms with Crippen LogP contribution >= 0.6 is 15.9 Å². The van der Waals surface area contributed by atoms with Crippen molar-refractivity contribution in [3.8, 4) is 0 Å². The minimum atomic E-state index is -0.448. The predicted octanol–water partition coefficient (Wildman–Crippen LogP) is 2.44. The van der Waals surface area contributed by atoms with Gasteiger partial charge < -0.3 is 14.2 Å². The van der Waals surface area contributed by atoms with Crippen molar-refractivity contribution in [2.24, 2.45) is 0 Å². The molecule has 20 heavy (non-hydrogen) atoms. The second-order valence-corrected chi connectivity index (χ2v) is 5.83. The molecule has 0 saturated carbocycles. The van der Waals surface area contributed by atoms with Crippen LogP contribution in [-0.2, 0) is 16.1 Å². The Bertz CT molecular complexity index is 513. The van der Waals surface area contributed by atoms with Crippen molar-refractivity contribution >= 4 is 27.8 Å². The third kappa shape index (κ3) is 2.90. The van der Waals surface area contributed by atoms with Crippen LogP contribution in [0.4, 0.5) is 0 Å². The molecule has 1 aliphatic heterocycles. The van der Waals surface area contributed by atoms with Gasteiger partial charge in [0.2, 0.25) is 0 Å². The summed E-state index contributed by atoms with van der Waals surface area (Å²) in [6.45, 7) is 3.45. The molecule has 1 aromatic heterocycles. The number of likely N-dealkylation sites (tertiary alicyclic amines) is 1. The summed E-state index contributed by atoms with van der Waals surface area (Å²) in [7, 11) is 1.36.